The average Bonchev–Trinajstić information content (AvgIpc) is 2.81. The van der Waals surface area contributed by atoms with Gasteiger partial charge in [-0.1, -0.05) is 45.4 Å². The van der Waals surface area contributed by atoms with Crippen LogP contribution in [0.1, 0.15) is 68.6 Å². The fourth-order valence-electron chi connectivity index (χ4n) is 2.80. The third-order valence-electron chi connectivity index (χ3n) is 4.03. The zero-order valence-corrected chi connectivity index (χ0v) is 13.1. The number of unbranched alkanes of at least 4 members (excludes halogenated alkanes) is 6. The van der Waals surface area contributed by atoms with Crippen molar-refractivity contribution >= 4 is 16.7 Å². The molecule has 1 heterocycles. The van der Waals surface area contributed by atoms with Gasteiger partial charge < -0.3 is 10.1 Å². The van der Waals surface area contributed by atoms with Gasteiger partial charge in [0, 0.05) is 17.3 Å². The van der Waals surface area contributed by atoms with E-state index in [9.17, 15) is 14.3 Å². The number of H-pyrrole nitrogens is 1. The summed E-state index contributed by atoms with van der Waals surface area (Å²) in [5, 5.41) is 10.4. The molecular formula is C18H24FNO2. The molecule has 0 fully saturated rings. The van der Waals surface area contributed by atoms with E-state index in [2.05, 4.69) is 11.9 Å². The van der Waals surface area contributed by atoms with Crippen molar-refractivity contribution in [2.75, 3.05) is 0 Å². The molecule has 2 N–H and O–H groups in total. The van der Waals surface area contributed by atoms with Crippen molar-refractivity contribution in [1.82, 2.24) is 4.98 Å². The maximum Gasteiger partial charge on any atom is 0.200 e. The summed E-state index contributed by atoms with van der Waals surface area (Å²) in [6.07, 6.45) is 8.34. The predicted molar refractivity (Wildman–Crippen MR) is 86.9 cm³/mol. The lowest BCUT2D eigenvalue weighted by atomic mass is 10.0. The van der Waals surface area contributed by atoms with Gasteiger partial charge in [-0.3, -0.25) is 4.79 Å². The van der Waals surface area contributed by atoms with E-state index < -0.39 is 5.82 Å². The van der Waals surface area contributed by atoms with Crippen LogP contribution in [0.25, 0.3) is 10.9 Å². The van der Waals surface area contributed by atoms with Gasteiger partial charge in [0.2, 0.25) is 5.88 Å². The molecule has 0 atom stereocenters. The fraction of sp³-hybridized carbons (Fsp3) is 0.500. The third-order valence-corrected chi connectivity index (χ3v) is 4.03. The van der Waals surface area contributed by atoms with Gasteiger partial charge in [0.15, 0.2) is 5.78 Å². The number of ketones is 1. The maximum atomic E-state index is 13.3. The SMILES string of the molecule is CCCCCCCCCC(=O)c1c(O)[nH]c2ccc(F)cc12. The third kappa shape index (κ3) is 4.09. The standard InChI is InChI=1S/C18H24FNO2/c1-2-3-4-5-6-7-8-9-16(21)17-14-12-13(19)10-11-15(14)20-18(17)22/h10-12,20,22H,2-9H2,1H3. The van der Waals surface area contributed by atoms with Crippen LogP contribution in [0.15, 0.2) is 18.2 Å². The molecule has 0 saturated heterocycles. The molecular weight excluding hydrogens is 281 g/mol. The quantitative estimate of drug-likeness (QED) is 0.485. The second-order valence-electron chi connectivity index (χ2n) is 5.83. The number of aromatic amines is 1. The van der Waals surface area contributed by atoms with Gasteiger partial charge >= 0.3 is 0 Å². The number of fused-ring (bicyclic) bond motifs is 1. The molecule has 4 heteroatoms. The monoisotopic (exact) mass is 305 g/mol. The van der Waals surface area contributed by atoms with Crippen LogP contribution in [-0.2, 0) is 0 Å². The van der Waals surface area contributed by atoms with E-state index in [1.807, 2.05) is 0 Å². The Labute approximate surface area is 130 Å². The van der Waals surface area contributed by atoms with Gasteiger partial charge in [-0.2, -0.15) is 0 Å². The Kier molecular flexibility index (Phi) is 5.99. The Bertz CT molecular complexity index is 633. The number of carbonyl (C=O) groups excluding carboxylic acids is 1. The van der Waals surface area contributed by atoms with E-state index in [0.29, 0.717) is 17.3 Å². The van der Waals surface area contributed by atoms with Crippen LogP contribution in [0.5, 0.6) is 5.88 Å². The summed E-state index contributed by atoms with van der Waals surface area (Å²) < 4.78 is 13.3. The topological polar surface area (TPSA) is 53.1 Å². The average molecular weight is 305 g/mol. The molecule has 1 aromatic heterocycles. The summed E-state index contributed by atoms with van der Waals surface area (Å²) in [4.78, 5) is 15.0. The van der Waals surface area contributed by atoms with E-state index in [1.165, 1.54) is 43.9 Å². The Morgan fingerprint density at radius 3 is 2.55 bits per heavy atom. The van der Waals surface area contributed by atoms with Crippen molar-refractivity contribution in [2.45, 2.75) is 58.3 Å². The van der Waals surface area contributed by atoms with Gasteiger partial charge in [0.25, 0.3) is 0 Å². The van der Waals surface area contributed by atoms with Crippen LogP contribution in [0.4, 0.5) is 4.39 Å². The molecule has 0 aliphatic carbocycles. The smallest absolute Gasteiger partial charge is 0.200 e. The van der Waals surface area contributed by atoms with E-state index in [1.54, 1.807) is 0 Å². The number of carbonyl (C=O) groups is 1. The van der Waals surface area contributed by atoms with Gasteiger partial charge in [0.05, 0.1) is 5.56 Å². The molecule has 0 aliphatic heterocycles. The van der Waals surface area contributed by atoms with Crippen LogP contribution in [0.3, 0.4) is 0 Å². The molecule has 0 amide bonds. The first-order valence-electron chi connectivity index (χ1n) is 8.17. The zero-order chi connectivity index (χ0) is 15.9. The summed E-state index contributed by atoms with van der Waals surface area (Å²) in [5.74, 6) is -0.687. The van der Waals surface area contributed by atoms with Crippen molar-refractivity contribution in [2.24, 2.45) is 0 Å². The minimum absolute atomic E-state index is 0.122. The van der Waals surface area contributed by atoms with Gasteiger partial charge in [-0.15, -0.1) is 0 Å². The number of hydrogen-bond acceptors (Lipinski definition) is 2. The van der Waals surface area contributed by atoms with Crippen molar-refractivity contribution in [3.05, 3.63) is 29.6 Å². The van der Waals surface area contributed by atoms with Crippen LogP contribution in [0.2, 0.25) is 0 Å². The van der Waals surface area contributed by atoms with Gasteiger partial charge in [0.1, 0.15) is 5.82 Å². The molecule has 0 spiro atoms. The van der Waals surface area contributed by atoms with E-state index in [-0.39, 0.29) is 17.2 Å². The second-order valence-corrected chi connectivity index (χ2v) is 5.83. The molecule has 0 bridgehead atoms. The summed E-state index contributed by atoms with van der Waals surface area (Å²) in [7, 11) is 0. The lowest BCUT2D eigenvalue weighted by Gasteiger charge is -2.02. The second kappa shape index (κ2) is 7.97. The number of rotatable bonds is 9. The van der Waals surface area contributed by atoms with Gasteiger partial charge in [-0.25, -0.2) is 4.39 Å². The number of benzene rings is 1. The molecule has 0 radical (unpaired) electrons. The minimum Gasteiger partial charge on any atom is -0.494 e. The molecule has 3 nitrogen and oxygen atoms in total. The number of halogens is 1. The van der Waals surface area contributed by atoms with Crippen LogP contribution in [0, 0.1) is 5.82 Å². The fourth-order valence-corrected chi connectivity index (χ4v) is 2.80. The lowest BCUT2D eigenvalue weighted by molar-refractivity contribution is 0.0978. The molecule has 0 aliphatic rings. The van der Waals surface area contributed by atoms with E-state index >= 15 is 0 Å². The van der Waals surface area contributed by atoms with Crippen LogP contribution < -0.4 is 0 Å². The number of hydrogen-bond donors (Lipinski definition) is 2. The van der Waals surface area contributed by atoms with Crippen LogP contribution >= 0.6 is 0 Å². The van der Waals surface area contributed by atoms with Crippen LogP contribution in [-0.4, -0.2) is 15.9 Å². The molecule has 22 heavy (non-hydrogen) atoms. The molecule has 1 aromatic carbocycles. The number of aromatic hydroxyl groups is 1. The van der Waals surface area contributed by atoms with Crippen molar-refractivity contribution in [3.63, 3.8) is 0 Å². The minimum atomic E-state index is -0.406. The molecule has 120 valence electrons. The maximum absolute atomic E-state index is 13.3. The first-order valence-corrected chi connectivity index (χ1v) is 8.17. The Balaban J connectivity index is 1.90. The van der Waals surface area contributed by atoms with Crippen molar-refractivity contribution in [1.29, 1.82) is 0 Å². The summed E-state index contributed by atoms with van der Waals surface area (Å²) >= 11 is 0. The van der Waals surface area contributed by atoms with Crippen molar-refractivity contribution in [3.8, 4) is 5.88 Å². The normalized spacial score (nSPS) is 11.2. The highest BCUT2D eigenvalue weighted by Gasteiger charge is 2.18. The number of aromatic nitrogens is 1. The Hall–Kier alpha value is -1.84. The summed E-state index contributed by atoms with van der Waals surface area (Å²) in [6.45, 7) is 2.19. The Morgan fingerprint density at radius 1 is 1.14 bits per heavy atom. The van der Waals surface area contributed by atoms with E-state index in [0.717, 1.165) is 19.3 Å². The highest BCUT2D eigenvalue weighted by atomic mass is 19.1. The summed E-state index contributed by atoms with van der Waals surface area (Å²) in [5.41, 5.74) is 0.808. The largest absolute Gasteiger partial charge is 0.494 e. The van der Waals surface area contributed by atoms with Gasteiger partial charge in [-0.05, 0) is 24.6 Å². The first-order chi connectivity index (χ1) is 10.6. The summed E-state index contributed by atoms with van der Waals surface area (Å²) in [6, 6.07) is 4.14. The molecule has 0 saturated carbocycles. The first kappa shape index (κ1) is 16.5. The highest BCUT2D eigenvalue weighted by molar-refractivity contribution is 6.10. The number of nitrogens with one attached hydrogen (secondary N) is 1. The Morgan fingerprint density at radius 2 is 1.82 bits per heavy atom. The molecule has 2 aromatic rings. The predicted octanol–water partition coefficient (Wildman–Crippen LogP) is 5.34. The highest BCUT2D eigenvalue weighted by Crippen LogP contribution is 2.29. The van der Waals surface area contributed by atoms with E-state index in [4.69, 9.17) is 0 Å². The lowest BCUT2D eigenvalue weighted by Crippen LogP contribution is -1.98. The molecule has 2 rings (SSSR count). The molecule has 0 unspecified atom stereocenters. The number of Topliss-reactive ketones (excluding diaryl/α,β-unsaturated/α-hetero) is 1. The zero-order valence-electron chi connectivity index (χ0n) is 13.1. The van der Waals surface area contributed by atoms with Crippen molar-refractivity contribution < 1.29 is 14.3 Å².